The van der Waals surface area contributed by atoms with Crippen LogP contribution in [0, 0.1) is 5.92 Å². The van der Waals surface area contributed by atoms with Crippen molar-refractivity contribution >= 4 is 29.2 Å². The van der Waals surface area contributed by atoms with Crippen LogP contribution in [-0.4, -0.2) is 17.0 Å². The predicted octanol–water partition coefficient (Wildman–Crippen LogP) is 4.28. The minimum absolute atomic E-state index is 0.0889. The molecule has 2 N–H and O–H groups in total. The molecule has 2 aromatic rings. The van der Waals surface area contributed by atoms with E-state index in [0.717, 1.165) is 0 Å². The Bertz CT molecular complexity index is 706. The molecule has 1 amide bonds. The van der Waals surface area contributed by atoms with Gasteiger partial charge in [0.15, 0.2) is 0 Å². The Morgan fingerprint density at radius 2 is 2.00 bits per heavy atom. The van der Waals surface area contributed by atoms with Crippen LogP contribution in [0.4, 0.5) is 5.69 Å². The molecule has 116 valence electrons. The first kappa shape index (κ1) is 16.1. The number of hydrogen-bond acceptors (Lipinski definition) is 3. The molecule has 0 atom stereocenters. The number of carboxylic acid groups (broad SMARTS) is 1. The number of aromatic carboxylic acids is 1. The number of carbonyl (C=O) groups excluding carboxylic acids is 1. The Kier molecular flexibility index (Phi) is 4.88. The van der Waals surface area contributed by atoms with Crippen molar-refractivity contribution in [2.45, 2.75) is 20.3 Å². The SMILES string of the molecule is CC(C)CC(=O)Nc1ccc(Cl)c(-c2ccc(C(=O)O)o2)c1. The number of carbonyl (C=O) groups is 2. The molecule has 5 nitrogen and oxygen atoms in total. The topological polar surface area (TPSA) is 79.5 Å². The lowest BCUT2D eigenvalue weighted by molar-refractivity contribution is -0.116. The quantitative estimate of drug-likeness (QED) is 0.861. The van der Waals surface area contributed by atoms with Gasteiger partial charge >= 0.3 is 5.97 Å². The molecule has 0 aliphatic rings. The number of carboxylic acids is 1. The maximum absolute atomic E-state index is 11.8. The first-order chi connectivity index (χ1) is 10.4. The summed E-state index contributed by atoms with van der Waals surface area (Å²) in [7, 11) is 0. The van der Waals surface area contributed by atoms with E-state index >= 15 is 0 Å². The Balaban J connectivity index is 2.26. The van der Waals surface area contributed by atoms with Crippen molar-refractivity contribution in [1.82, 2.24) is 0 Å². The number of amides is 1. The molecule has 0 spiro atoms. The monoisotopic (exact) mass is 321 g/mol. The molecule has 0 bridgehead atoms. The van der Waals surface area contributed by atoms with Gasteiger partial charge in [0.05, 0.1) is 5.02 Å². The molecule has 0 saturated heterocycles. The van der Waals surface area contributed by atoms with Crippen LogP contribution in [0.2, 0.25) is 5.02 Å². The van der Waals surface area contributed by atoms with E-state index in [1.807, 2.05) is 13.8 Å². The Morgan fingerprint density at radius 1 is 1.27 bits per heavy atom. The van der Waals surface area contributed by atoms with Crippen molar-refractivity contribution in [3.63, 3.8) is 0 Å². The largest absolute Gasteiger partial charge is 0.475 e. The average molecular weight is 322 g/mol. The van der Waals surface area contributed by atoms with Gasteiger partial charge in [0.25, 0.3) is 0 Å². The van der Waals surface area contributed by atoms with Gasteiger partial charge in [-0.3, -0.25) is 4.79 Å². The van der Waals surface area contributed by atoms with Crippen LogP contribution in [0.5, 0.6) is 0 Å². The number of hydrogen-bond donors (Lipinski definition) is 2. The first-order valence-corrected chi connectivity index (χ1v) is 7.17. The van der Waals surface area contributed by atoms with Crippen molar-refractivity contribution in [2.24, 2.45) is 5.92 Å². The van der Waals surface area contributed by atoms with Crippen molar-refractivity contribution in [2.75, 3.05) is 5.32 Å². The third-order valence-corrected chi connectivity index (χ3v) is 3.26. The lowest BCUT2D eigenvalue weighted by Crippen LogP contribution is -2.13. The highest BCUT2D eigenvalue weighted by molar-refractivity contribution is 6.33. The van der Waals surface area contributed by atoms with Crippen molar-refractivity contribution < 1.29 is 19.1 Å². The minimum atomic E-state index is -1.15. The molecule has 1 heterocycles. The molecule has 1 aromatic carbocycles. The summed E-state index contributed by atoms with van der Waals surface area (Å²) in [4.78, 5) is 22.7. The van der Waals surface area contributed by atoms with Gasteiger partial charge in [-0.2, -0.15) is 0 Å². The van der Waals surface area contributed by atoms with Crippen LogP contribution in [-0.2, 0) is 4.79 Å². The van der Waals surface area contributed by atoms with E-state index in [1.54, 1.807) is 18.2 Å². The molecule has 0 saturated carbocycles. The van der Waals surface area contributed by atoms with E-state index in [9.17, 15) is 9.59 Å². The highest BCUT2D eigenvalue weighted by atomic mass is 35.5. The number of benzene rings is 1. The summed E-state index contributed by atoms with van der Waals surface area (Å²) in [6, 6.07) is 7.86. The summed E-state index contributed by atoms with van der Waals surface area (Å²) in [5, 5.41) is 12.1. The van der Waals surface area contributed by atoms with Crippen molar-refractivity contribution in [3.8, 4) is 11.3 Å². The maximum Gasteiger partial charge on any atom is 0.371 e. The summed E-state index contributed by atoms with van der Waals surface area (Å²) in [5.74, 6) is -0.810. The zero-order valence-corrected chi connectivity index (χ0v) is 13.0. The van der Waals surface area contributed by atoms with Gasteiger partial charge in [0.1, 0.15) is 5.76 Å². The van der Waals surface area contributed by atoms with Crippen LogP contribution in [0.1, 0.15) is 30.8 Å². The lowest BCUT2D eigenvalue weighted by atomic mass is 10.1. The third kappa shape index (κ3) is 3.89. The second-order valence-corrected chi connectivity index (χ2v) is 5.72. The highest BCUT2D eigenvalue weighted by Crippen LogP contribution is 2.32. The standard InChI is InChI=1S/C16H16ClNO4/c1-9(2)7-15(19)18-10-3-4-12(17)11(8-10)13-5-6-14(22-13)16(20)21/h3-6,8-9H,7H2,1-2H3,(H,18,19)(H,20,21). The third-order valence-electron chi connectivity index (χ3n) is 2.93. The van der Waals surface area contributed by atoms with E-state index in [2.05, 4.69) is 5.32 Å². The van der Waals surface area contributed by atoms with E-state index in [-0.39, 0.29) is 17.6 Å². The van der Waals surface area contributed by atoms with Crippen LogP contribution in [0.15, 0.2) is 34.7 Å². The van der Waals surface area contributed by atoms with Gasteiger partial charge in [-0.15, -0.1) is 0 Å². The number of rotatable bonds is 5. The molecule has 0 radical (unpaired) electrons. The van der Waals surface area contributed by atoms with Crippen LogP contribution >= 0.6 is 11.6 Å². The molecule has 22 heavy (non-hydrogen) atoms. The molecular formula is C16H16ClNO4. The van der Waals surface area contributed by atoms with Crippen LogP contribution < -0.4 is 5.32 Å². The normalized spacial score (nSPS) is 10.7. The summed E-state index contributed by atoms with van der Waals surface area (Å²) in [6.07, 6.45) is 0.419. The van der Waals surface area contributed by atoms with Gasteiger partial charge in [-0.25, -0.2) is 4.79 Å². The Labute approximate surface area is 132 Å². The van der Waals surface area contributed by atoms with Crippen LogP contribution in [0.25, 0.3) is 11.3 Å². The number of furan rings is 1. The molecule has 0 aliphatic heterocycles. The molecule has 1 aromatic heterocycles. The fourth-order valence-electron chi connectivity index (χ4n) is 1.97. The summed E-state index contributed by atoms with van der Waals surface area (Å²) in [5.41, 5.74) is 1.11. The zero-order chi connectivity index (χ0) is 16.3. The van der Waals surface area contributed by atoms with E-state index in [1.165, 1.54) is 12.1 Å². The van der Waals surface area contributed by atoms with Crippen molar-refractivity contribution in [1.29, 1.82) is 0 Å². The second kappa shape index (κ2) is 6.66. The molecule has 2 rings (SSSR count). The molecule has 0 aliphatic carbocycles. The Hall–Kier alpha value is -2.27. The van der Waals surface area contributed by atoms with Gasteiger partial charge in [0.2, 0.25) is 11.7 Å². The highest BCUT2D eigenvalue weighted by Gasteiger charge is 2.14. The second-order valence-electron chi connectivity index (χ2n) is 5.31. The summed E-state index contributed by atoms with van der Waals surface area (Å²) < 4.78 is 5.24. The van der Waals surface area contributed by atoms with Gasteiger partial charge in [0, 0.05) is 17.7 Å². The van der Waals surface area contributed by atoms with Gasteiger partial charge < -0.3 is 14.8 Å². The number of halogens is 1. The number of anilines is 1. The molecule has 0 fully saturated rings. The number of nitrogens with one attached hydrogen (secondary N) is 1. The molecule has 6 heteroatoms. The Morgan fingerprint density at radius 3 is 2.59 bits per heavy atom. The summed E-state index contributed by atoms with van der Waals surface area (Å²) >= 11 is 6.12. The fraction of sp³-hybridized carbons (Fsp3) is 0.250. The molecule has 0 unspecified atom stereocenters. The van der Waals surface area contributed by atoms with Gasteiger partial charge in [-0.1, -0.05) is 25.4 Å². The van der Waals surface area contributed by atoms with E-state index in [0.29, 0.717) is 28.5 Å². The molecular weight excluding hydrogens is 306 g/mol. The average Bonchev–Trinajstić information content (AvgIpc) is 2.89. The van der Waals surface area contributed by atoms with E-state index in [4.69, 9.17) is 21.1 Å². The lowest BCUT2D eigenvalue weighted by Gasteiger charge is -2.09. The minimum Gasteiger partial charge on any atom is -0.475 e. The maximum atomic E-state index is 11.8. The zero-order valence-electron chi connectivity index (χ0n) is 12.2. The first-order valence-electron chi connectivity index (χ1n) is 6.79. The fourth-order valence-corrected chi connectivity index (χ4v) is 2.18. The van der Waals surface area contributed by atoms with Crippen molar-refractivity contribution in [3.05, 3.63) is 41.1 Å². The van der Waals surface area contributed by atoms with Gasteiger partial charge in [-0.05, 0) is 36.2 Å². The van der Waals surface area contributed by atoms with E-state index < -0.39 is 5.97 Å². The smallest absolute Gasteiger partial charge is 0.371 e. The van der Waals surface area contributed by atoms with Crippen LogP contribution in [0.3, 0.4) is 0 Å². The predicted molar refractivity (Wildman–Crippen MR) is 84.2 cm³/mol. The summed E-state index contributed by atoms with van der Waals surface area (Å²) in [6.45, 7) is 3.92.